The number of ether oxygens (including phenoxy) is 2. The molecule has 0 N–H and O–H groups in total. The second-order valence-electron chi connectivity index (χ2n) is 4.96. The van der Waals surface area contributed by atoms with Crippen molar-refractivity contribution in [3.63, 3.8) is 0 Å². The largest absolute Gasteiger partial charge is 0.467 e. The fraction of sp³-hybridized carbons (Fsp3) is 0.462. The first-order valence-electron chi connectivity index (χ1n) is 6.95. The number of hydrogen-bond acceptors (Lipinski definition) is 8. The summed E-state index contributed by atoms with van der Waals surface area (Å²) in [6, 6.07) is 1.99. The molecule has 3 rings (SSSR count). The summed E-state index contributed by atoms with van der Waals surface area (Å²) >= 11 is 2.21. The van der Waals surface area contributed by atoms with E-state index in [0.29, 0.717) is 19.7 Å². The quantitative estimate of drug-likeness (QED) is 0.514. The van der Waals surface area contributed by atoms with Gasteiger partial charge in [0.2, 0.25) is 0 Å². The Kier molecular flexibility index (Phi) is 5.24. The molecule has 1 aliphatic heterocycles. The van der Waals surface area contributed by atoms with Crippen molar-refractivity contribution in [3.05, 3.63) is 18.6 Å². The molecule has 0 aliphatic carbocycles. The molecule has 0 bridgehead atoms. The monoisotopic (exact) mass is 449 g/mol. The van der Waals surface area contributed by atoms with Gasteiger partial charge >= 0.3 is 5.97 Å². The van der Waals surface area contributed by atoms with Crippen LogP contribution in [0.3, 0.4) is 0 Å². The second-order valence-corrected chi connectivity index (χ2v) is 6.68. The third-order valence-electron chi connectivity index (χ3n) is 3.74. The van der Waals surface area contributed by atoms with Gasteiger partial charge in [0, 0.05) is 50.1 Å². The van der Waals surface area contributed by atoms with Crippen LogP contribution < -0.4 is 5.01 Å². The van der Waals surface area contributed by atoms with Gasteiger partial charge in [0.25, 0.3) is 0 Å². The predicted octanol–water partition coefficient (Wildman–Crippen LogP) is 1.50. The molecular formula is C13H16IN5O3S. The first-order chi connectivity index (χ1) is 11.2. The Bertz CT molecular complexity index is 712. The van der Waals surface area contributed by atoms with Gasteiger partial charge in [0.05, 0.1) is 25.6 Å². The van der Waals surface area contributed by atoms with Crippen molar-refractivity contribution in [3.8, 4) is 0 Å². The molecule has 1 saturated heterocycles. The van der Waals surface area contributed by atoms with Crippen LogP contribution in [0.25, 0.3) is 11.0 Å². The number of nitrogens with zero attached hydrogens (tertiary/aromatic N) is 5. The summed E-state index contributed by atoms with van der Waals surface area (Å²) in [4.78, 5) is 20.5. The highest BCUT2D eigenvalue weighted by Crippen LogP contribution is 2.29. The lowest BCUT2D eigenvalue weighted by molar-refractivity contribution is -0.159. The zero-order chi connectivity index (χ0) is 16.4. The van der Waals surface area contributed by atoms with Crippen molar-refractivity contribution in [2.45, 2.75) is 6.10 Å². The number of aromatic nitrogens is 3. The van der Waals surface area contributed by atoms with Crippen molar-refractivity contribution in [1.82, 2.24) is 18.9 Å². The highest BCUT2D eigenvalue weighted by Gasteiger charge is 2.30. The number of esters is 1. The number of carbonyl (C=O) groups excluding carboxylic acids is 1. The summed E-state index contributed by atoms with van der Waals surface area (Å²) < 4.78 is 12.2. The SMILES string of the molecule is COC(=O)C1CN(N(C)c2ncnc3c2ccn3SI)CCO1. The molecule has 0 saturated carbocycles. The maximum absolute atomic E-state index is 11.7. The Morgan fingerprint density at radius 1 is 1.57 bits per heavy atom. The molecule has 23 heavy (non-hydrogen) atoms. The third kappa shape index (κ3) is 3.25. The van der Waals surface area contributed by atoms with Gasteiger partial charge in [-0.1, -0.05) is 0 Å². The van der Waals surface area contributed by atoms with Gasteiger partial charge in [-0.3, -0.25) is 8.98 Å². The molecule has 1 atom stereocenters. The van der Waals surface area contributed by atoms with E-state index in [4.69, 9.17) is 9.47 Å². The van der Waals surface area contributed by atoms with Gasteiger partial charge in [0.15, 0.2) is 17.6 Å². The number of halogens is 1. The Morgan fingerprint density at radius 3 is 3.13 bits per heavy atom. The van der Waals surface area contributed by atoms with Crippen molar-refractivity contribution < 1.29 is 14.3 Å². The van der Waals surface area contributed by atoms with Crippen LogP contribution in [0.15, 0.2) is 18.6 Å². The second kappa shape index (κ2) is 7.20. The average molecular weight is 449 g/mol. The lowest BCUT2D eigenvalue weighted by Crippen LogP contribution is -2.53. The van der Waals surface area contributed by atoms with Crippen LogP contribution in [0.4, 0.5) is 5.82 Å². The summed E-state index contributed by atoms with van der Waals surface area (Å²) in [6.07, 6.45) is 2.93. The number of rotatable bonds is 4. The van der Waals surface area contributed by atoms with Gasteiger partial charge in [-0.05, 0) is 6.07 Å². The highest BCUT2D eigenvalue weighted by atomic mass is 127. The zero-order valence-corrected chi connectivity index (χ0v) is 15.7. The van der Waals surface area contributed by atoms with E-state index in [0.717, 1.165) is 16.9 Å². The number of hydrogen-bond donors (Lipinski definition) is 0. The van der Waals surface area contributed by atoms with E-state index in [1.54, 1.807) is 15.4 Å². The van der Waals surface area contributed by atoms with Crippen LogP contribution in [0.2, 0.25) is 0 Å². The molecule has 1 fully saturated rings. The minimum atomic E-state index is -0.581. The van der Waals surface area contributed by atoms with E-state index in [9.17, 15) is 4.79 Å². The van der Waals surface area contributed by atoms with Gasteiger partial charge in [-0.2, -0.15) is 0 Å². The third-order valence-corrected chi connectivity index (χ3v) is 5.46. The van der Waals surface area contributed by atoms with Crippen LogP contribution in [0.1, 0.15) is 0 Å². The maximum Gasteiger partial charge on any atom is 0.336 e. The van der Waals surface area contributed by atoms with Crippen LogP contribution in [-0.4, -0.2) is 64.9 Å². The van der Waals surface area contributed by atoms with Crippen LogP contribution in [0, 0.1) is 0 Å². The topological polar surface area (TPSA) is 72.7 Å². The lowest BCUT2D eigenvalue weighted by atomic mass is 10.3. The molecule has 8 nitrogen and oxygen atoms in total. The number of fused-ring (bicyclic) bond motifs is 1. The normalized spacial score (nSPS) is 19.0. The van der Waals surface area contributed by atoms with Gasteiger partial charge in [0.1, 0.15) is 6.33 Å². The molecule has 10 heteroatoms. The van der Waals surface area contributed by atoms with Crippen molar-refractivity contribution in [1.29, 1.82) is 0 Å². The fourth-order valence-corrected chi connectivity index (χ4v) is 3.82. The summed E-state index contributed by atoms with van der Waals surface area (Å²) in [5.74, 6) is 0.438. The number of methoxy groups -OCH3 is 1. The Hall–Kier alpha value is -1.11. The van der Waals surface area contributed by atoms with E-state index < -0.39 is 6.10 Å². The van der Waals surface area contributed by atoms with Gasteiger partial charge in [-0.15, -0.1) is 0 Å². The molecule has 0 spiro atoms. The van der Waals surface area contributed by atoms with E-state index in [2.05, 4.69) is 31.2 Å². The smallest absolute Gasteiger partial charge is 0.336 e. The molecule has 0 aromatic carbocycles. The van der Waals surface area contributed by atoms with Gasteiger partial charge in [-0.25, -0.2) is 19.8 Å². The van der Waals surface area contributed by atoms with Crippen molar-refractivity contribution in [2.24, 2.45) is 0 Å². The first-order valence-corrected chi connectivity index (χ1v) is 10.3. The Morgan fingerprint density at radius 2 is 2.39 bits per heavy atom. The number of anilines is 1. The predicted molar refractivity (Wildman–Crippen MR) is 96.3 cm³/mol. The molecule has 124 valence electrons. The van der Waals surface area contributed by atoms with E-state index in [-0.39, 0.29) is 5.97 Å². The summed E-state index contributed by atoms with van der Waals surface area (Å²) in [5.41, 5.74) is 0.860. The fourth-order valence-electron chi connectivity index (χ4n) is 2.54. The number of carbonyl (C=O) groups is 1. The molecule has 1 unspecified atom stereocenters. The Labute approximate surface area is 149 Å². The molecule has 0 radical (unpaired) electrons. The Balaban J connectivity index is 1.86. The molecule has 1 aliphatic rings. The van der Waals surface area contributed by atoms with Crippen molar-refractivity contribution >= 4 is 53.1 Å². The maximum atomic E-state index is 11.7. The average Bonchev–Trinajstić information content (AvgIpc) is 3.03. The van der Waals surface area contributed by atoms with E-state index >= 15 is 0 Å². The minimum Gasteiger partial charge on any atom is -0.467 e. The lowest BCUT2D eigenvalue weighted by Gasteiger charge is -2.38. The highest BCUT2D eigenvalue weighted by molar-refractivity contribution is 14.2. The van der Waals surface area contributed by atoms with Crippen LogP contribution >= 0.6 is 30.3 Å². The summed E-state index contributed by atoms with van der Waals surface area (Å²) in [6.45, 7) is 1.57. The number of hydrazine groups is 1. The van der Waals surface area contributed by atoms with Crippen molar-refractivity contribution in [2.75, 3.05) is 38.9 Å². The zero-order valence-electron chi connectivity index (χ0n) is 12.7. The number of morpholine rings is 1. The van der Waals surface area contributed by atoms with E-state index in [1.807, 2.05) is 33.3 Å². The minimum absolute atomic E-state index is 0.358. The molecule has 2 aromatic rings. The van der Waals surface area contributed by atoms with Crippen LogP contribution in [-0.2, 0) is 14.3 Å². The van der Waals surface area contributed by atoms with Crippen LogP contribution in [0.5, 0.6) is 0 Å². The molecule has 2 aromatic heterocycles. The summed E-state index contributed by atoms with van der Waals surface area (Å²) in [7, 11) is 4.85. The standard InChI is InChI=1S/C13H16IN5O3S/c1-17(18-5-6-22-10(7-18)13(20)21-2)11-9-3-4-19(23-14)12(9)16-8-15-11/h3-4,8,10H,5-7H2,1-2H3. The molecular weight excluding hydrogens is 433 g/mol. The summed E-state index contributed by atoms with van der Waals surface area (Å²) in [5, 5.41) is 4.94. The van der Waals surface area contributed by atoms with Gasteiger partial charge < -0.3 is 9.47 Å². The molecule has 0 amide bonds. The molecule has 3 heterocycles. The van der Waals surface area contributed by atoms with E-state index in [1.165, 1.54) is 7.11 Å². The first kappa shape index (κ1) is 16.7.